The summed E-state index contributed by atoms with van der Waals surface area (Å²) in [4.78, 5) is 29.5. The normalized spacial score (nSPS) is 11.2. The molecule has 11 heteroatoms. The highest BCUT2D eigenvalue weighted by atomic mass is 32.2. The van der Waals surface area contributed by atoms with E-state index in [2.05, 4.69) is 10.3 Å². The molecule has 1 aromatic carbocycles. The van der Waals surface area contributed by atoms with Crippen molar-refractivity contribution >= 4 is 22.2 Å². The van der Waals surface area contributed by atoms with Crippen LogP contribution < -0.4 is 15.1 Å². The molecule has 1 heterocycles. The highest BCUT2D eigenvalue weighted by molar-refractivity contribution is 7.86. The number of halogens is 1. The number of nitrogens with one attached hydrogen (secondary N) is 2. The third kappa shape index (κ3) is 6.48. The van der Waals surface area contributed by atoms with Gasteiger partial charge in [-0.25, -0.2) is 9.37 Å². The van der Waals surface area contributed by atoms with Crippen molar-refractivity contribution in [1.82, 2.24) is 14.9 Å². The number of carbonyl (C=O) groups is 1. The number of rotatable bonds is 10. The summed E-state index contributed by atoms with van der Waals surface area (Å²) in [6.07, 6.45) is 3.81. The largest absolute Gasteiger partial charge is 0.374 e. The van der Waals surface area contributed by atoms with Crippen LogP contribution in [0.15, 0.2) is 29.1 Å². The zero-order valence-corrected chi connectivity index (χ0v) is 17.5. The maximum atomic E-state index is 13.0. The summed E-state index contributed by atoms with van der Waals surface area (Å²) in [5.41, 5.74) is -0.623. The Kier molecular flexibility index (Phi) is 7.81. The monoisotopic (exact) mass is 438 g/mol. The molecule has 0 bridgehead atoms. The molecule has 0 fully saturated rings. The molecule has 30 heavy (non-hydrogen) atoms. The van der Waals surface area contributed by atoms with Gasteiger partial charge in [-0.1, -0.05) is 12.1 Å². The Morgan fingerprint density at radius 3 is 2.57 bits per heavy atom. The van der Waals surface area contributed by atoms with Crippen LogP contribution in [0.25, 0.3) is 0 Å². The second kappa shape index (κ2) is 10.1. The molecule has 0 aliphatic heterocycles. The van der Waals surface area contributed by atoms with Crippen molar-refractivity contribution in [3.63, 3.8) is 0 Å². The predicted molar refractivity (Wildman–Crippen MR) is 109 cm³/mol. The van der Waals surface area contributed by atoms with E-state index in [-0.39, 0.29) is 18.9 Å². The van der Waals surface area contributed by atoms with Crippen LogP contribution in [0.2, 0.25) is 0 Å². The van der Waals surface area contributed by atoms with E-state index < -0.39 is 38.8 Å². The number of benzene rings is 1. The number of aromatic nitrogens is 2. The van der Waals surface area contributed by atoms with E-state index in [0.29, 0.717) is 24.8 Å². The smallest absolute Gasteiger partial charge is 0.306 e. The first kappa shape index (κ1) is 23.2. The van der Waals surface area contributed by atoms with Crippen LogP contribution in [0, 0.1) is 18.2 Å². The van der Waals surface area contributed by atoms with E-state index in [1.807, 2.05) is 0 Å². The van der Waals surface area contributed by atoms with Crippen molar-refractivity contribution in [2.45, 2.75) is 39.3 Å². The standard InChI is InChI=1S/C19H23FN4O5S/c1-13-23-16(18(25)22-12-14-6-8-15(20)9-7-14)17(29-30(2,27)28)19(26)24(13)11-5-3-4-10-21/h6-10,21H,3-5,11-12H2,1-2H3,(H,22,25). The summed E-state index contributed by atoms with van der Waals surface area (Å²) in [6.45, 7) is 1.78. The van der Waals surface area contributed by atoms with Crippen molar-refractivity contribution in [2.24, 2.45) is 0 Å². The van der Waals surface area contributed by atoms with Gasteiger partial charge in [0.25, 0.3) is 11.5 Å². The molecule has 2 rings (SSSR count). The number of hydrogen-bond acceptors (Lipinski definition) is 7. The number of carbonyl (C=O) groups excluding carboxylic acids is 1. The molecule has 0 spiro atoms. The molecular weight excluding hydrogens is 415 g/mol. The van der Waals surface area contributed by atoms with Crippen molar-refractivity contribution < 1.29 is 21.8 Å². The zero-order valence-electron chi connectivity index (χ0n) is 16.6. The third-order valence-corrected chi connectivity index (χ3v) is 4.58. The Morgan fingerprint density at radius 2 is 1.97 bits per heavy atom. The number of unbranched alkanes of at least 4 members (excludes halogenated alkanes) is 2. The average Bonchev–Trinajstić information content (AvgIpc) is 2.67. The third-order valence-electron chi connectivity index (χ3n) is 4.11. The fourth-order valence-corrected chi connectivity index (χ4v) is 3.13. The lowest BCUT2D eigenvalue weighted by Gasteiger charge is -2.14. The molecule has 0 radical (unpaired) electrons. The van der Waals surface area contributed by atoms with Gasteiger partial charge in [-0.05, 0) is 50.1 Å². The van der Waals surface area contributed by atoms with Gasteiger partial charge >= 0.3 is 10.1 Å². The summed E-state index contributed by atoms with van der Waals surface area (Å²) < 4.78 is 42.3. The minimum Gasteiger partial charge on any atom is -0.374 e. The van der Waals surface area contributed by atoms with Gasteiger partial charge in [0, 0.05) is 13.1 Å². The number of aryl methyl sites for hydroxylation is 1. The molecular formula is C19H23FN4O5S. The van der Waals surface area contributed by atoms with Gasteiger partial charge in [0.1, 0.15) is 11.6 Å². The summed E-state index contributed by atoms with van der Waals surface area (Å²) >= 11 is 0. The Hall–Kier alpha value is -3.08. The molecule has 1 amide bonds. The zero-order chi connectivity index (χ0) is 22.3. The van der Waals surface area contributed by atoms with Gasteiger partial charge in [-0.2, -0.15) is 8.42 Å². The van der Waals surface area contributed by atoms with Gasteiger partial charge < -0.3 is 14.9 Å². The lowest BCUT2D eigenvalue weighted by molar-refractivity contribution is 0.0943. The first-order chi connectivity index (χ1) is 14.1. The highest BCUT2D eigenvalue weighted by Crippen LogP contribution is 2.15. The fraction of sp³-hybridized carbons (Fsp3) is 0.368. The quantitative estimate of drug-likeness (QED) is 0.330. The first-order valence-corrected chi connectivity index (χ1v) is 11.0. The van der Waals surface area contributed by atoms with E-state index in [1.54, 1.807) is 0 Å². The molecule has 9 nitrogen and oxygen atoms in total. The van der Waals surface area contributed by atoms with E-state index in [9.17, 15) is 22.4 Å². The first-order valence-electron chi connectivity index (χ1n) is 9.15. The van der Waals surface area contributed by atoms with Crippen LogP contribution in [-0.2, 0) is 23.2 Å². The Balaban J connectivity index is 2.33. The van der Waals surface area contributed by atoms with Crippen LogP contribution in [0.3, 0.4) is 0 Å². The predicted octanol–water partition coefficient (Wildman–Crippen LogP) is 1.78. The second-order valence-corrected chi connectivity index (χ2v) is 8.16. The molecule has 0 unspecified atom stereocenters. The van der Waals surface area contributed by atoms with Crippen LogP contribution in [0.4, 0.5) is 4.39 Å². The molecule has 0 saturated carbocycles. The minimum atomic E-state index is -4.09. The Labute approximate surface area is 173 Å². The van der Waals surface area contributed by atoms with Crippen LogP contribution in [0.1, 0.15) is 41.1 Å². The lowest BCUT2D eigenvalue weighted by atomic mass is 10.2. The van der Waals surface area contributed by atoms with E-state index in [4.69, 9.17) is 9.59 Å². The van der Waals surface area contributed by atoms with Gasteiger partial charge in [-0.3, -0.25) is 14.2 Å². The maximum Gasteiger partial charge on any atom is 0.306 e. The molecule has 0 atom stereocenters. The highest BCUT2D eigenvalue weighted by Gasteiger charge is 2.24. The van der Waals surface area contributed by atoms with Crippen molar-refractivity contribution in [3.05, 3.63) is 57.5 Å². The van der Waals surface area contributed by atoms with E-state index in [1.165, 1.54) is 42.0 Å². The Bertz CT molecular complexity index is 1080. The maximum absolute atomic E-state index is 13.0. The van der Waals surface area contributed by atoms with Crippen molar-refractivity contribution in [3.8, 4) is 5.75 Å². The number of nitrogens with zero attached hydrogens (tertiary/aromatic N) is 2. The molecule has 2 aromatic rings. The number of amides is 1. The fourth-order valence-electron chi connectivity index (χ4n) is 2.67. The second-order valence-electron chi connectivity index (χ2n) is 6.59. The minimum absolute atomic E-state index is 0.0187. The van der Waals surface area contributed by atoms with Crippen LogP contribution in [0.5, 0.6) is 5.75 Å². The summed E-state index contributed by atoms with van der Waals surface area (Å²) in [5.74, 6) is -1.67. The van der Waals surface area contributed by atoms with E-state index in [0.717, 1.165) is 6.26 Å². The van der Waals surface area contributed by atoms with Gasteiger partial charge in [-0.15, -0.1) is 0 Å². The topological polar surface area (TPSA) is 131 Å². The average molecular weight is 438 g/mol. The molecule has 162 valence electrons. The molecule has 0 saturated heterocycles. The molecule has 0 aliphatic carbocycles. The molecule has 0 aliphatic rings. The number of hydrogen-bond donors (Lipinski definition) is 2. The van der Waals surface area contributed by atoms with Crippen molar-refractivity contribution in [2.75, 3.05) is 6.26 Å². The van der Waals surface area contributed by atoms with Crippen LogP contribution >= 0.6 is 0 Å². The summed E-state index contributed by atoms with van der Waals surface area (Å²) in [7, 11) is -4.09. The lowest BCUT2D eigenvalue weighted by Crippen LogP contribution is -2.33. The molecule has 2 N–H and O–H groups in total. The van der Waals surface area contributed by atoms with Gasteiger partial charge in [0.05, 0.1) is 6.26 Å². The summed E-state index contributed by atoms with van der Waals surface area (Å²) in [5, 5.41) is 9.56. The molecule has 1 aromatic heterocycles. The summed E-state index contributed by atoms with van der Waals surface area (Å²) in [6, 6.07) is 5.44. The van der Waals surface area contributed by atoms with Gasteiger partial charge in [0.15, 0.2) is 5.69 Å². The SMILES string of the molecule is Cc1nc(C(=O)NCc2ccc(F)cc2)c(OS(C)(=O)=O)c(=O)n1CCCCC=N. The van der Waals surface area contributed by atoms with Crippen molar-refractivity contribution in [1.29, 1.82) is 5.41 Å². The van der Waals surface area contributed by atoms with E-state index >= 15 is 0 Å². The van der Waals surface area contributed by atoms with Gasteiger partial charge in [0.2, 0.25) is 5.75 Å². The van der Waals surface area contributed by atoms with Crippen LogP contribution in [-0.4, -0.2) is 36.3 Å². The Morgan fingerprint density at radius 1 is 1.30 bits per heavy atom.